The Morgan fingerprint density at radius 3 is 2.19 bits per heavy atom. The van der Waals surface area contributed by atoms with E-state index >= 15 is 0 Å². The highest BCUT2D eigenvalue weighted by Crippen LogP contribution is 2.45. The quantitative estimate of drug-likeness (QED) is 0.365. The number of likely N-dealkylation sites (tertiary alicyclic amines) is 1. The summed E-state index contributed by atoms with van der Waals surface area (Å²) in [4.78, 5) is 13.5. The number of hydrogen-bond donors (Lipinski definition) is 2. The van der Waals surface area contributed by atoms with Crippen molar-refractivity contribution in [2.75, 3.05) is 32.8 Å². The third kappa shape index (κ3) is 8.48. The fourth-order valence-electron chi connectivity index (χ4n) is 4.85. The van der Waals surface area contributed by atoms with Crippen LogP contribution >= 0.6 is 24.8 Å². The minimum Gasteiger partial charge on any atom is -0.492 e. The SMILES string of the molecule is CCO[C@H](Cc1ccc(OCCN[C@H]2C3CN(Cc4ccc(C(F)(F)F)cc4)C[C@@H]32)cc1)C(=O)O.Cl.Cl. The van der Waals surface area contributed by atoms with Gasteiger partial charge in [-0.1, -0.05) is 24.3 Å². The minimum absolute atomic E-state index is 0. The molecule has 0 amide bonds. The standard InChI is InChI=1S/C26H31F3N2O4.2ClH/c1-2-34-23(25(32)33)13-17-5-9-20(10-6-17)35-12-11-30-24-21-15-31(16-22(21)24)14-18-3-7-19(8-4-18)26(27,28)29;;/h3-10,21-24,30H,2,11-16H2,1H3,(H,32,33);2*1H/t21-,22?,23+,24+;;/m0../s1. The van der Waals surface area contributed by atoms with Crippen molar-refractivity contribution in [3.8, 4) is 5.75 Å². The fraction of sp³-hybridized carbons (Fsp3) is 0.500. The van der Waals surface area contributed by atoms with Crippen molar-refractivity contribution in [1.29, 1.82) is 0 Å². The van der Waals surface area contributed by atoms with Crippen LogP contribution in [0.5, 0.6) is 5.75 Å². The molecular weight excluding hydrogens is 532 g/mol. The molecule has 4 atom stereocenters. The van der Waals surface area contributed by atoms with Crippen molar-refractivity contribution in [1.82, 2.24) is 10.2 Å². The summed E-state index contributed by atoms with van der Waals surface area (Å²) in [5.74, 6) is 0.927. The number of benzene rings is 2. The summed E-state index contributed by atoms with van der Waals surface area (Å²) in [7, 11) is 0. The van der Waals surface area contributed by atoms with E-state index < -0.39 is 23.8 Å². The lowest BCUT2D eigenvalue weighted by molar-refractivity contribution is -0.150. The number of carboxylic acid groups (broad SMARTS) is 1. The van der Waals surface area contributed by atoms with Crippen LogP contribution < -0.4 is 10.1 Å². The molecule has 0 radical (unpaired) electrons. The molecule has 2 N–H and O–H groups in total. The molecule has 37 heavy (non-hydrogen) atoms. The molecule has 11 heteroatoms. The Kier molecular flexibility index (Phi) is 11.5. The molecule has 4 rings (SSSR count). The number of halogens is 5. The van der Waals surface area contributed by atoms with Gasteiger partial charge in [-0.25, -0.2) is 4.79 Å². The van der Waals surface area contributed by atoms with Crippen LogP contribution in [0.15, 0.2) is 48.5 Å². The summed E-state index contributed by atoms with van der Waals surface area (Å²) >= 11 is 0. The predicted octanol–water partition coefficient (Wildman–Crippen LogP) is 4.68. The zero-order valence-electron chi connectivity index (χ0n) is 20.4. The van der Waals surface area contributed by atoms with E-state index in [9.17, 15) is 23.1 Å². The van der Waals surface area contributed by atoms with Gasteiger partial charge in [0.2, 0.25) is 0 Å². The Hall–Kier alpha value is -2.04. The number of ether oxygens (including phenoxy) is 2. The lowest BCUT2D eigenvalue weighted by atomic mass is 10.1. The molecule has 1 aliphatic heterocycles. The second-order valence-corrected chi connectivity index (χ2v) is 9.18. The van der Waals surface area contributed by atoms with Crippen LogP contribution in [-0.4, -0.2) is 61.0 Å². The number of carboxylic acids is 1. The van der Waals surface area contributed by atoms with E-state index in [4.69, 9.17) is 9.47 Å². The van der Waals surface area contributed by atoms with Crippen LogP contribution in [0.3, 0.4) is 0 Å². The molecule has 2 aromatic rings. The van der Waals surface area contributed by atoms with Crippen LogP contribution in [0, 0.1) is 11.8 Å². The van der Waals surface area contributed by atoms with E-state index in [1.807, 2.05) is 24.3 Å². The molecule has 2 aromatic carbocycles. The third-order valence-corrected chi connectivity index (χ3v) is 6.70. The number of aliphatic carboxylic acids is 1. The van der Waals surface area contributed by atoms with Crippen LogP contribution in [0.1, 0.15) is 23.6 Å². The Labute approximate surface area is 227 Å². The van der Waals surface area contributed by atoms with E-state index in [-0.39, 0.29) is 24.8 Å². The summed E-state index contributed by atoms with van der Waals surface area (Å²) in [6, 6.07) is 13.3. The molecule has 1 heterocycles. The van der Waals surface area contributed by atoms with Crippen molar-refractivity contribution in [3.63, 3.8) is 0 Å². The first-order valence-corrected chi connectivity index (χ1v) is 11.9. The first-order valence-electron chi connectivity index (χ1n) is 11.9. The van der Waals surface area contributed by atoms with Crippen molar-refractivity contribution >= 4 is 30.8 Å². The Morgan fingerprint density at radius 1 is 1.05 bits per heavy atom. The van der Waals surface area contributed by atoms with E-state index in [1.165, 1.54) is 0 Å². The van der Waals surface area contributed by atoms with Gasteiger partial charge in [-0.15, -0.1) is 24.8 Å². The largest absolute Gasteiger partial charge is 0.492 e. The fourth-order valence-corrected chi connectivity index (χ4v) is 4.85. The molecule has 0 aromatic heterocycles. The molecule has 6 nitrogen and oxygen atoms in total. The summed E-state index contributed by atoms with van der Waals surface area (Å²) in [6.07, 6.45) is -4.83. The Morgan fingerprint density at radius 2 is 1.65 bits per heavy atom. The van der Waals surface area contributed by atoms with Crippen molar-refractivity contribution in [2.45, 2.75) is 38.2 Å². The van der Waals surface area contributed by atoms with Gasteiger partial charge in [0.25, 0.3) is 0 Å². The van der Waals surface area contributed by atoms with Gasteiger partial charge >= 0.3 is 12.1 Å². The molecule has 206 valence electrons. The molecule has 1 saturated heterocycles. The smallest absolute Gasteiger partial charge is 0.416 e. The second-order valence-electron chi connectivity index (χ2n) is 9.18. The highest BCUT2D eigenvalue weighted by molar-refractivity contribution is 5.85. The van der Waals surface area contributed by atoms with Crippen molar-refractivity contribution in [3.05, 3.63) is 65.2 Å². The lowest BCUT2D eigenvalue weighted by Crippen LogP contribution is -2.33. The number of fused-ring (bicyclic) bond motifs is 1. The molecule has 1 saturated carbocycles. The Balaban J connectivity index is 0.00000241. The number of alkyl halides is 3. The van der Waals surface area contributed by atoms with Gasteiger partial charge in [-0.3, -0.25) is 4.90 Å². The van der Waals surface area contributed by atoms with E-state index in [0.717, 1.165) is 48.6 Å². The highest BCUT2D eigenvalue weighted by Gasteiger charge is 2.55. The number of carbonyl (C=O) groups is 1. The number of rotatable bonds is 12. The number of hydrogen-bond acceptors (Lipinski definition) is 5. The first-order chi connectivity index (χ1) is 16.7. The van der Waals surface area contributed by atoms with Gasteiger partial charge in [-0.2, -0.15) is 13.2 Å². The minimum atomic E-state index is -4.30. The van der Waals surface area contributed by atoms with Gasteiger partial charge in [0.05, 0.1) is 5.56 Å². The first kappa shape index (κ1) is 31.2. The highest BCUT2D eigenvalue weighted by atomic mass is 35.5. The summed E-state index contributed by atoms with van der Waals surface area (Å²) < 4.78 is 49.2. The average molecular weight is 565 g/mol. The Bertz CT molecular complexity index is 981. The lowest BCUT2D eigenvalue weighted by Gasteiger charge is -2.20. The normalized spacial score (nSPS) is 21.4. The van der Waals surface area contributed by atoms with Crippen molar-refractivity contribution in [2.24, 2.45) is 11.8 Å². The number of piperidine rings is 1. The average Bonchev–Trinajstić information content (AvgIpc) is 3.27. The maximum atomic E-state index is 12.7. The molecule has 2 aliphatic rings. The molecule has 1 aliphatic carbocycles. The number of nitrogens with one attached hydrogen (secondary N) is 1. The molecule has 1 unspecified atom stereocenters. The van der Waals surface area contributed by atoms with E-state index in [2.05, 4.69) is 10.2 Å². The van der Waals surface area contributed by atoms with Gasteiger partial charge in [-0.05, 0) is 54.2 Å². The zero-order chi connectivity index (χ0) is 25.0. The second kappa shape index (κ2) is 13.7. The maximum absolute atomic E-state index is 12.7. The van der Waals surface area contributed by atoms with E-state index in [1.54, 1.807) is 19.1 Å². The van der Waals surface area contributed by atoms with Gasteiger partial charge in [0, 0.05) is 45.2 Å². The van der Waals surface area contributed by atoms with Gasteiger partial charge < -0.3 is 19.9 Å². The number of nitrogens with zero attached hydrogens (tertiary/aromatic N) is 1. The molecule has 2 fully saturated rings. The predicted molar refractivity (Wildman–Crippen MR) is 139 cm³/mol. The summed E-state index contributed by atoms with van der Waals surface area (Å²) in [5, 5.41) is 12.7. The van der Waals surface area contributed by atoms with E-state index in [0.29, 0.717) is 44.1 Å². The summed E-state index contributed by atoms with van der Waals surface area (Å²) in [6.45, 7) is 5.95. The zero-order valence-corrected chi connectivity index (χ0v) is 22.1. The topological polar surface area (TPSA) is 71.0 Å². The summed E-state index contributed by atoms with van der Waals surface area (Å²) in [5.41, 5.74) is 1.17. The van der Waals surface area contributed by atoms with Gasteiger partial charge in [0.1, 0.15) is 12.4 Å². The van der Waals surface area contributed by atoms with Crippen molar-refractivity contribution < 1.29 is 32.5 Å². The molecular formula is C26H33Cl2F3N2O4. The molecule has 0 spiro atoms. The van der Waals surface area contributed by atoms with Crippen LogP contribution in [0.2, 0.25) is 0 Å². The van der Waals surface area contributed by atoms with Crippen LogP contribution in [-0.2, 0) is 28.7 Å². The van der Waals surface area contributed by atoms with Crippen LogP contribution in [0.25, 0.3) is 0 Å². The third-order valence-electron chi connectivity index (χ3n) is 6.70. The molecule has 0 bridgehead atoms. The monoisotopic (exact) mass is 564 g/mol. The maximum Gasteiger partial charge on any atom is 0.416 e. The van der Waals surface area contributed by atoms with Gasteiger partial charge in [0.15, 0.2) is 6.10 Å². The van der Waals surface area contributed by atoms with Crippen LogP contribution in [0.4, 0.5) is 13.2 Å².